The smallest absolute Gasteiger partial charge is 0.236 e. The van der Waals surface area contributed by atoms with Gasteiger partial charge in [0.25, 0.3) is 0 Å². The average molecular weight is 318 g/mol. The van der Waals surface area contributed by atoms with Gasteiger partial charge < -0.3 is 15.5 Å². The normalized spacial score (nSPS) is 14.8. The predicted octanol–water partition coefficient (Wildman–Crippen LogP) is -0.0252. The fraction of sp³-hybridized carbons (Fsp3) is 0.529. The zero-order chi connectivity index (χ0) is 16.7. The van der Waals surface area contributed by atoms with Gasteiger partial charge in [0.1, 0.15) is 0 Å². The summed E-state index contributed by atoms with van der Waals surface area (Å²) in [6.45, 7) is 6.21. The molecule has 1 aliphatic rings. The molecular weight excluding hydrogens is 292 g/mol. The Kier molecular flexibility index (Phi) is 6.55. The largest absolute Gasteiger partial charge is 0.351 e. The van der Waals surface area contributed by atoms with Gasteiger partial charge in [-0.15, -0.1) is 0 Å². The van der Waals surface area contributed by atoms with Crippen LogP contribution in [0, 0.1) is 6.92 Å². The monoisotopic (exact) mass is 318 g/mol. The highest BCUT2D eigenvalue weighted by Gasteiger charge is 2.18. The van der Waals surface area contributed by atoms with E-state index in [4.69, 9.17) is 0 Å². The van der Waals surface area contributed by atoms with Crippen molar-refractivity contribution in [2.45, 2.75) is 13.5 Å². The first kappa shape index (κ1) is 17.4. The van der Waals surface area contributed by atoms with Crippen molar-refractivity contribution in [3.63, 3.8) is 0 Å². The lowest BCUT2D eigenvalue weighted by Crippen LogP contribution is -2.50. The van der Waals surface area contributed by atoms with Gasteiger partial charge in [-0.05, 0) is 19.5 Å². The predicted molar refractivity (Wildman–Crippen MR) is 90.0 cm³/mol. The average Bonchev–Trinajstić information content (AvgIpc) is 2.55. The highest BCUT2D eigenvalue weighted by atomic mass is 16.2. The Morgan fingerprint density at radius 2 is 1.83 bits per heavy atom. The Balaban J connectivity index is 1.69. The molecule has 1 aromatic rings. The van der Waals surface area contributed by atoms with Crippen molar-refractivity contribution in [1.29, 1.82) is 0 Å². The number of hydrogen-bond donors (Lipinski definition) is 2. The Bertz CT molecular complexity index is 524. The lowest BCUT2D eigenvalue weighted by Gasteiger charge is -2.29. The summed E-state index contributed by atoms with van der Waals surface area (Å²) in [5, 5.41) is 6.11. The zero-order valence-electron chi connectivity index (χ0n) is 14.0. The van der Waals surface area contributed by atoms with E-state index < -0.39 is 0 Å². The van der Waals surface area contributed by atoms with Gasteiger partial charge in [-0.2, -0.15) is 0 Å². The minimum absolute atomic E-state index is 0.0683. The lowest BCUT2D eigenvalue weighted by atomic mass is 10.1. The van der Waals surface area contributed by atoms with Crippen LogP contribution < -0.4 is 10.6 Å². The van der Waals surface area contributed by atoms with E-state index in [0.29, 0.717) is 6.54 Å². The summed E-state index contributed by atoms with van der Waals surface area (Å²) in [5.74, 6) is 0.0153. The Labute approximate surface area is 137 Å². The number of amides is 2. The van der Waals surface area contributed by atoms with Crippen LogP contribution in [0.3, 0.4) is 0 Å². The van der Waals surface area contributed by atoms with Crippen LogP contribution in [0.25, 0.3) is 0 Å². The molecule has 2 rings (SSSR count). The van der Waals surface area contributed by atoms with Gasteiger partial charge in [0.05, 0.1) is 13.1 Å². The SMILES string of the molecule is Cc1ccc(CNC(=O)CN(C)CC(=O)N2CCNCC2)cc1. The second kappa shape index (κ2) is 8.64. The van der Waals surface area contributed by atoms with Crippen LogP contribution in [-0.4, -0.2) is 67.9 Å². The van der Waals surface area contributed by atoms with Crippen LogP contribution in [0.1, 0.15) is 11.1 Å². The van der Waals surface area contributed by atoms with Crippen LogP contribution in [0.2, 0.25) is 0 Å². The molecule has 0 atom stereocenters. The number of nitrogens with zero attached hydrogens (tertiary/aromatic N) is 2. The topological polar surface area (TPSA) is 64.7 Å². The van der Waals surface area contributed by atoms with E-state index >= 15 is 0 Å². The molecule has 6 heteroatoms. The number of carbonyl (C=O) groups excluding carboxylic acids is 2. The molecule has 1 heterocycles. The molecule has 1 fully saturated rings. The first-order valence-electron chi connectivity index (χ1n) is 8.04. The molecule has 2 amide bonds. The van der Waals surface area contributed by atoms with Gasteiger partial charge in [0.2, 0.25) is 11.8 Å². The minimum Gasteiger partial charge on any atom is -0.351 e. The zero-order valence-corrected chi connectivity index (χ0v) is 14.0. The number of rotatable bonds is 6. The maximum Gasteiger partial charge on any atom is 0.236 e. The second-order valence-corrected chi connectivity index (χ2v) is 6.07. The third kappa shape index (κ3) is 6.00. The van der Waals surface area contributed by atoms with Crippen molar-refractivity contribution in [3.05, 3.63) is 35.4 Å². The minimum atomic E-state index is -0.0683. The van der Waals surface area contributed by atoms with Gasteiger partial charge in [-0.25, -0.2) is 0 Å². The van der Waals surface area contributed by atoms with Crippen molar-refractivity contribution >= 4 is 11.8 Å². The van der Waals surface area contributed by atoms with Crippen molar-refractivity contribution in [3.8, 4) is 0 Å². The van der Waals surface area contributed by atoms with E-state index in [1.165, 1.54) is 5.56 Å². The van der Waals surface area contributed by atoms with Crippen molar-refractivity contribution in [2.75, 3.05) is 46.3 Å². The number of benzene rings is 1. The standard InChI is InChI=1S/C17H26N4O2/c1-14-3-5-15(6-4-14)11-19-16(22)12-20(2)13-17(23)21-9-7-18-8-10-21/h3-6,18H,7-13H2,1-2H3,(H,19,22). The molecule has 1 aromatic carbocycles. The Hall–Kier alpha value is -1.92. The van der Waals surface area contributed by atoms with Crippen LogP contribution in [-0.2, 0) is 16.1 Å². The molecule has 126 valence electrons. The number of likely N-dealkylation sites (N-methyl/N-ethyl adjacent to an activating group) is 1. The van der Waals surface area contributed by atoms with Crippen LogP contribution in [0.4, 0.5) is 0 Å². The summed E-state index contributed by atoms with van der Waals surface area (Å²) in [7, 11) is 1.80. The van der Waals surface area contributed by atoms with Crippen molar-refractivity contribution < 1.29 is 9.59 Å². The summed E-state index contributed by atoms with van der Waals surface area (Å²) in [6.07, 6.45) is 0. The number of aryl methyl sites for hydroxylation is 1. The van der Waals surface area contributed by atoms with E-state index in [1.54, 1.807) is 11.9 Å². The number of piperazine rings is 1. The highest BCUT2D eigenvalue weighted by Crippen LogP contribution is 2.02. The van der Waals surface area contributed by atoms with Gasteiger partial charge >= 0.3 is 0 Å². The molecule has 0 bridgehead atoms. The molecule has 1 saturated heterocycles. The fourth-order valence-electron chi connectivity index (χ4n) is 2.51. The molecule has 0 aromatic heterocycles. The highest BCUT2D eigenvalue weighted by molar-refractivity contribution is 5.81. The Morgan fingerprint density at radius 3 is 2.48 bits per heavy atom. The molecule has 6 nitrogen and oxygen atoms in total. The molecule has 1 aliphatic heterocycles. The van der Waals surface area contributed by atoms with Gasteiger partial charge in [-0.1, -0.05) is 29.8 Å². The van der Waals surface area contributed by atoms with Gasteiger partial charge in [0.15, 0.2) is 0 Å². The number of hydrogen-bond acceptors (Lipinski definition) is 4. The first-order valence-corrected chi connectivity index (χ1v) is 8.04. The third-order valence-corrected chi connectivity index (χ3v) is 3.90. The van der Waals surface area contributed by atoms with Crippen LogP contribution in [0.5, 0.6) is 0 Å². The summed E-state index contributed by atoms with van der Waals surface area (Å²) < 4.78 is 0. The Morgan fingerprint density at radius 1 is 1.17 bits per heavy atom. The van der Waals surface area contributed by atoms with Crippen LogP contribution >= 0.6 is 0 Å². The number of nitrogens with one attached hydrogen (secondary N) is 2. The lowest BCUT2D eigenvalue weighted by molar-refractivity contribution is -0.133. The summed E-state index contributed by atoms with van der Waals surface area (Å²) in [4.78, 5) is 27.7. The summed E-state index contributed by atoms with van der Waals surface area (Å²) in [6, 6.07) is 8.07. The molecule has 23 heavy (non-hydrogen) atoms. The molecule has 2 N–H and O–H groups in total. The van der Waals surface area contributed by atoms with E-state index in [-0.39, 0.29) is 24.9 Å². The maximum absolute atomic E-state index is 12.1. The summed E-state index contributed by atoms with van der Waals surface area (Å²) in [5.41, 5.74) is 2.27. The third-order valence-electron chi connectivity index (χ3n) is 3.90. The number of carbonyl (C=O) groups is 2. The van der Waals surface area contributed by atoms with E-state index in [2.05, 4.69) is 10.6 Å². The molecule has 0 saturated carbocycles. The van der Waals surface area contributed by atoms with E-state index in [9.17, 15) is 9.59 Å². The van der Waals surface area contributed by atoms with Gasteiger partial charge in [-0.3, -0.25) is 14.5 Å². The van der Waals surface area contributed by atoms with Crippen LogP contribution in [0.15, 0.2) is 24.3 Å². The maximum atomic E-state index is 12.1. The molecule has 0 aliphatic carbocycles. The molecule has 0 radical (unpaired) electrons. The van der Waals surface area contributed by atoms with Crippen molar-refractivity contribution in [1.82, 2.24) is 20.4 Å². The van der Waals surface area contributed by atoms with E-state index in [1.807, 2.05) is 36.1 Å². The van der Waals surface area contributed by atoms with E-state index in [0.717, 1.165) is 31.7 Å². The first-order chi connectivity index (χ1) is 11.0. The van der Waals surface area contributed by atoms with Crippen molar-refractivity contribution in [2.24, 2.45) is 0 Å². The fourth-order valence-corrected chi connectivity index (χ4v) is 2.51. The summed E-state index contributed by atoms with van der Waals surface area (Å²) >= 11 is 0. The second-order valence-electron chi connectivity index (χ2n) is 6.07. The molecule has 0 unspecified atom stereocenters. The van der Waals surface area contributed by atoms with Gasteiger partial charge in [0, 0.05) is 32.7 Å². The molecule has 0 spiro atoms. The quantitative estimate of drug-likeness (QED) is 0.773. The molecular formula is C17H26N4O2.